The molecular weight excluding hydrogens is 355 g/mol. The minimum atomic E-state index is -0.503. The fourth-order valence-electron chi connectivity index (χ4n) is 3.77. The highest BCUT2D eigenvalue weighted by Gasteiger charge is 2.28. The van der Waals surface area contributed by atoms with E-state index in [1.165, 1.54) is 12.1 Å². The first-order valence-electron chi connectivity index (χ1n) is 9.99. The molecule has 2 aromatic rings. The molecule has 4 nitrogen and oxygen atoms in total. The third-order valence-electron chi connectivity index (χ3n) is 5.28. The zero-order valence-corrected chi connectivity index (χ0v) is 16.3. The molecule has 0 radical (unpaired) electrons. The van der Waals surface area contributed by atoms with Gasteiger partial charge in [-0.05, 0) is 30.5 Å². The van der Waals surface area contributed by atoms with E-state index in [0.717, 1.165) is 18.4 Å². The number of halogens is 1. The summed E-state index contributed by atoms with van der Waals surface area (Å²) in [5.41, 5.74) is 1.13. The Morgan fingerprint density at radius 2 is 1.57 bits per heavy atom. The molecule has 2 amide bonds. The maximum atomic E-state index is 14.0. The fraction of sp³-hybridized carbons (Fsp3) is 0.391. The lowest BCUT2D eigenvalue weighted by molar-refractivity contribution is -0.132. The summed E-state index contributed by atoms with van der Waals surface area (Å²) in [7, 11) is 0. The fourth-order valence-corrected chi connectivity index (χ4v) is 3.77. The minimum Gasteiger partial charge on any atom is -0.340 e. The van der Waals surface area contributed by atoms with Crippen LogP contribution in [0, 0.1) is 5.82 Å². The van der Waals surface area contributed by atoms with Crippen molar-refractivity contribution in [2.75, 3.05) is 26.2 Å². The van der Waals surface area contributed by atoms with Crippen LogP contribution >= 0.6 is 0 Å². The van der Waals surface area contributed by atoms with Gasteiger partial charge in [0, 0.05) is 26.2 Å². The van der Waals surface area contributed by atoms with Gasteiger partial charge in [-0.15, -0.1) is 0 Å². The minimum absolute atomic E-state index is 0.0930. The van der Waals surface area contributed by atoms with Crippen molar-refractivity contribution in [2.45, 2.75) is 32.1 Å². The normalized spacial score (nSPS) is 15.8. The summed E-state index contributed by atoms with van der Waals surface area (Å²) < 4.78 is 14.0. The standard InChI is InChI=1S/C23H27FN2O2/c1-2-9-19(18-10-4-3-5-11-18)22(27)25-14-8-15-26(17-16-25)23(28)20-12-6-7-13-21(20)24/h3-7,10-13,19H,2,8-9,14-17H2,1H3. The molecule has 0 aliphatic carbocycles. The van der Waals surface area contributed by atoms with Crippen LogP contribution in [0.25, 0.3) is 0 Å². The van der Waals surface area contributed by atoms with Crippen LogP contribution in [0.3, 0.4) is 0 Å². The first-order valence-corrected chi connectivity index (χ1v) is 9.99. The third-order valence-corrected chi connectivity index (χ3v) is 5.28. The van der Waals surface area contributed by atoms with Crippen molar-refractivity contribution < 1.29 is 14.0 Å². The number of hydrogen-bond acceptors (Lipinski definition) is 2. The molecule has 0 N–H and O–H groups in total. The lowest BCUT2D eigenvalue weighted by Crippen LogP contribution is -2.39. The van der Waals surface area contributed by atoms with E-state index in [4.69, 9.17) is 0 Å². The van der Waals surface area contributed by atoms with Gasteiger partial charge in [-0.2, -0.15) is 0 Å². The van der Waals surface area contributed by atoms with E-state index in [0.29, 0.717) is 32.6 Å². The van der Waals surface area contributed by atoms with Crippen molar-refractivity contribution in [1.29, 1.82) is 0 Å². The Morgan fingerprint density at radius 3 is 2.29 bits per heavy atom. The van der Waals surface area contributed by atoms with E-state index in [1.807, 2.05) is 35.2 Å². The van der Waals surface area contributed by atoms with Crippen LogP contribution in [0.5, 0.6) is 0 Å². The SMILES string of the molecule is CCCC(C(=O)N1CCCN(C(=O)c2ccccc2F)CC1)c1ccccc1. The molecule has 1 aliphatic rings. The van der Waals surface area contributed by atoms with E-state index in [9.17, 15) is 14.0 Å². The third kappa shape index (κ3) is 4.58. The monoisotopic (exact) mass is 382 g/mol. The first kappa shape index (κ1) is 20.1. The molecule has 0 aromatic heterocycles. The van der Waals surface area contributed by atoms with E-state index in [-0.39, 0.29) is 23.3 Å². The van der Waals surface area contributed by atoms with Gasteiger partial charge in [-0.1, -0.05) is 55.8 Å². The Morgan fingerprint density at radius 1 is 0.929 bits per heavy atom. The molecule has 1 atom stereocenters. The van der Waals surface area contributed by atoms with Gasteiger partial charge in [0.05, 0.1) is 11.5 Å². The van der Waals surface area contributed by atoms with Crippen LogP contribution in [0.2, 0.25) is 0 Å². The molecule has 3 rings (SSSR count). The van der Waals surface area contributed by atoms with E-state index >= 15 is 0 Å². The zero-order valence-electron chi connectivity index (χ0n) is 16.3. The summed E-state index contributed by atoms with van der Waals surface area (Å²) >= 11 is 0. The van der Waals surface area contributed by atoms with Gasteiger partial charge in [0.2, 0.25) is 5.91 Å². The molecule has 1 heterocycles. The Labute approximate surface area is 166 Å². The molecule has 5 heteroatoms. The molecule has 1 saturated heterocycles. The van der Waals surface area contributed by atoms with Crippen molar-refractivity contribution in [2.24, 2.45) is 0 Å². The highest BCUT2D eigenvalue weighted by atomic mass is 19.1. The van der Waals surface area contributed by atoms with Gasteiger partial charge in [-0.25, -0.2) is 4.39 Å². The molecule has 1 fully saturated rings. The number of nitrogens with zero attached hydrogens (tertiary/aromatic N) is 2. The van der Waals surface area contributed by atoms with Crippen molar-refractivity contribution in [3.63, 3.8) is 0 Å². The predicted molar refractivity (Wildman–Crippen MR) is 108 cm³/mol. The van der Waals surface area contributed by atoms with Gasteiger partial charge in [0.25, 0.3) is 5.91 Å². The Kier molecular flexibility index (Phi) is 6.80. The molecular formula is C23H27FN2O2. The number of amides is 2. The number of carbonyl (C=O) groups is 2. The number of hydrogen-bond donors (Lipinski definition) is 0. The number of carbonyl (C=O) groups excluding carboxylic acids is 2. The van der Waals surface area contributed by atoms with Gasteiger partial charge >= 0.3 is 0 Å². The largest absolute Gasteiger partial charge is 0.340 e. The maximum absolute atomic E-state index is 14.0. The first-order chi connectivity index (χ1) is 13.6. The van der Waals surface area contributed by atoms with Crippen LogP contribution in [-0.4, -0.2) is 47.8 Å². The van der Waals surface area contributed by atoms with Gasteiger partial charge in [-0.3, -0.25) is 9.59 Å². The topological polar surface area (TPSA) is 40.6 Å². The van der Waals surface area contributed by atoms with Crippen molar-refractivity contribution in [3.8, 4) is 0 Å². The summed E-state index contributed by atoms with van der Waals surface area (Å²) in [6.45, 7) is 4.13. The average Bonchev–Trinajstić information content (AvgIpc) is 2.98. The lowest BCUT2D eigenvalue weighted by Gasteiger charge is -2.26. The molecule has 1 unspecified atom stereocenters. The summed E-state index contributed by atoms with van der Waals surface area (Å²) in [4.78, 5) is 29.4. The van der Waals surface area contributed by atoms with Crippen LogP contribution in [0.15, 0.2) is 54.6 Å². The van der Waals surface area contributed by atoms with Crippen LogP contribution in [0.4, 0.5) is 4.39 Å². The number of rotatable bonds is 5. The summed E-state index contributed by atoms with van der Waals surface area (Å²) in [5, 5.41) is 0. The number of benzene rings is 2. The molecule has 148 valence electrons. The summed E-state index contributed by atoms with van der Waals surface area (Å²) in [5.74, 6) is -0.842. The van der Waals surface area contributed by atoms with Crippen LogP contribution in [-0.2, 0) is 4.79 Å². The predicted octanol–water partition coefficient (Wildman–Crippen LogP) is 4.08. The van der Waals surface area contributed by atoms with E-state index in [1.54, 1.807) is 17.0 Å². The highest BCUT2D eigenvalue weighted by molar-refractivity contribution is 5.94. The van der Waals surface area contributed by atoms with E-state index in [2.05, 4.69) is 6.92 Å². The van der Waals surface area contributed by atoms with Crippen molar-refractivity contribution >= 4 is 11.8 Å². The lowest BCUT2D eigenvalue weighted by atomic mass is 9.93. The smallest absolute Gasteiger partial charge is 0.256 e. The van der Waals surface area contributed by atoms with Gasteiger partial charge < -0.3 is 9.80 Å². The van der Waals surface area contributed by atoms with Crippen molar-refractivity contribution in [3.05, 3.63) is 71.5 Å². The van der Waals surface area contributed by atoms with Crippen LogP contribution < -0.4 is 0 Å². The Bertz CT molecular complexity index is 809. The van der Waals surface area contributed by atoms with Crippen LogP contribution in [0.1, 0.15) is 48.0 Å². The zero-order chi connectivity index (χ0) is 19.9. The molecule has 0 spiro atoms. The maximum Gasteiger partial charge on any atom is 0.256 e. The van der Waals surface area contributed by atoms with Gasteiger partial charge in [0.15, 0.2) is 0 Å². The Hall–Kier alpha value is -2.69. The quantitative estimate of drug-likeness (QED) is 0.782. The highest BCUT2D eigenvalue weighted by Crippen LogP contribution is 2.24. The molecule has 0 saturated carbocycles. The second kappa shape index (κ2) is 9.49. The van der Waals surface area contributed by atoms with Crippen molar-refractivity contribution in [1.82, 2.24) is 9.80 Å². The summed E-state index contributed by atoms with van der Waals surface area (Å²) in [6.07, 6.45) is 2.42. The molecule has 0 bridgehead atoms. The second-order valence-electron chi connectivity index (χ2n) is 7.20. The Balaban J connectivity index is 1.69. The molecule has 28 heavy (non-hydrogen) atoms. The average molecular weight is 382 g/mol. The molecule has 1 aliphatic heterocycles. The van der Waals surface area contributed by atoms with E-state index < -0.39 is 5.82 Å². The molecule has 2 aromatic carbocycles. The summed E-state index contributed by atoms with van der Waals surface area (Å²) in [6, 6.07) is 15.9. The second-order valence-corrected chi connectivity index (χ2v) is 7.20. The van der Waals surface area contributed by atoms with Gasteiger partial charge in [0.1, 0.15) is 5.82 Å².